The minimum atomic E-state index is -1.16. The molecule has 1 atom stereocenters. The fourth-order valence-electron chi connectivity index (χ4n) is 2.88. The Balaban J connectivity index is 1.95. The van der Waals surface area contributed by atoms with Crippen LogP contribution in [-0.2, 0) is 9.59 Å². The summed E-state index contributed by atoms with van der Waals surface area (Å²) in [6.07, 6.45) is 0.192. The van der Waals surface area contributed by atoms with Crippen LogP contribution in [0.15, 0.2) is 42.6 Å². The van der Waals surface area contributed by atoms with Crippen molar-refractivity contribution < 1.29 is 19.2 Å². The predicted octanol–water partition coefficient (Wildman–Crippen LogP) is 2.52. The molecular weight excluding hydrogens is 352 g/mol. The fraction of sp³-hybridized carbons (Fsp3) is 0.278. The quantitative estimate of drug-likeness (QED) is 0.653. The first-order valence-corrected chi connectivity index (χ1v) is 8.24. The van der Waals surface area contributed by atoms with Crippen LogP contribution in [0, 0.1) is 10.1 Å². The molecule has 1 aromatic carbocycles. The topological polar surface area (TPSA) is 115 Å². The number of amides is 2. The number of hydrogen-bond donors (Lipinski definition) is 1. The van der Waals surface area contributed by atoms with E-state index < -0.39 is 28.3 Å². The van der Waals surface area contributed by atoms with Gasteiger partial charge in [0.25, 0.3) is 5.91 Å². The van der Waals surface area contributed by atoms with E-state index in [1.807, 2.05) is 0 Å². The lowest BCUT2D eigenvalue weighted by Gasteiger charge is -2.42. The number of fused-ring (bicyclic) bond motifs is 1. The molecule has 2 heterocycles. The molecule has 0 bridgehead atoms. The molecular formula is C18H18N4O5. The Hall–Kier alpha value is -3.49. The third kappa shape index (κ3) is 3.19. The molecule has 0 spiro atoms. The van der Waals surface area contributed by atoms with Crippen LogP contribution in [0.5, 0.6) is 5.75 Å². The highest BCUT2D eigenvalue weighted by Crippen LogP contribution is 2.37. The lowest BCUT2D eigenvalue weighted by Crippen LogP contribution is -2.60. The Morgan fingerprint density at radius 3 is 2.70 bits per heavy atom. The van der Waals surface area contributed by atoms with Gasteiger partial charge in [0.2, 0.25) is 11.7 Å². The van der Waals surface area contributed by atoms with E-state index in [1.165, 1.54) is 30.2 Å². The van der Waals surface area contributed by atoms with E-state index in [1.54, 1.807) is 38.1 Å². The number of nitrogens with zero attached hydrogens (tertiary/aromatic N) is 3. The number of anilines is 2. The van der Waals surface area contributed by atoms with Gasteiger partial charge in [-0.1, -0.05) is 12.1 Å². The first-order chi connectivity index (χ1) is 12.7. The highest BCUT2D eigenvalue weighted by molar-refractivity contribution is 6.14. The number of benzene rings is 1. The predicted molar refractivity (Wildman–Crippen MR) is 97.6 cm³/mol. The van der Waals surface area contributed by atoms with Crippen LogP contribution in [-0.4, -0.2) is 33.4 Å². The number of ether oxygens (including phenoxy) is 1. The van der Waals surface area contributed by atoms with Gasteiger partial charge in [-0.15, -0.1) is 0 Å². The Morgan fingerprint density at radius 2 is 2.00 bits per heavy atom. The molecule has 0 radical (unpaired) electrons. The third-order valence-corrected chi connectivity index (χ3v) is 4.30. The standard InChI is InChI=1S/C18H18N4O5/c1-11(27-14-9-6-10-19-15(14)22(25)26)16(23)21-13-8-5-4-7-12(13)20-17(24)18(21,2)3/h4-11H,1-3H3,(H,20,24). The molecule has 0 aliphatic carbocycles. The van der Waals surface area contributed by atoms with Crippen LogP contribution in [0.4, 0.5) is 17.2 Å². The maximum absolute atomic E-state index is 13.1. The largest absolute Gasteiger partial charge is 0.473 e. The fourth-order valence-corrected chi connectivity index (χ4v) is 2.88. The average Bonchev–Trinajstić information content (AvgIpc) is 2.62. The Morgan fingerprint density at radius 1 is 1.30 bits per heavy atom. The van der Waals surface area contributed by atoms with Crippen molar-refractivity contribution in [3.8, 4) is 5.75 Å². The van der Waals surface area contributed by atoms with Crippen molar-refractivity contribution in [1.29, 1.82) is 0 Å². The van der Waals surface area contributed by atoms with Gasteiger partial charge < -0.3 is 20.2 Å². The minimum absolute atomic E-state index is 0.115. The number of para-hydroxylation sites is 2. The van der Waals surface area contributed by atoms with Crippen molar-refractivity contribution in [2.24, 2.45) is 0 Å². The van der Waals surface area contributed by atoms with E-state index in [-0.39, 0.29) is 11.7 Å². The molecule has 9 nitrogen and oxygen atoms in total. The number of aromatic nitrogens is 1. The van der Waals surface area contributed by atoms with Gasteiger partial charge >= 0.3 is 5.82 Å². The summed E-state index contributed by atoms with van der Waals surface area (Å²) in [5.74, 6) is -1.43. The first kappa shape index (κ1) is 18.3. The van der Waals surface area contributed by atoms with Gasteiger partial charge in [0, 0.05) is 0 Å². The Kier molecular flexibility index (Phi) is 4.52. The maximum atomic E-state index is 13.1. The van der Waals surface area contributed by atoms with Crippen molar-refractivity contribution in [3.05, 3.63) is 52.7 Å². The van der Waals surface area contributed by atoms with Crippen LogP contribution in [0.3, 0.4) is 0 Å². The second kappa shape index (κ2) is 6.67. The summed E-state index contributed by atoms with van der Waals surface area (Å²) < 4.78 is 5.54. The molecule has 2 amide bonds. The molecule has 1 aliphatic rings. The highest BCUT2D eigenvalue weighted by atomic mass is 16.6. The molecule has 140 valence electrons. The van der Waals surface area contributed by atoms with Crippen molar-refractivity contribution in [3.63, 3.8) is 0 Å². The SMILES string of the molecule is CC(Oc1cccnc1[N+](=O)[O-])C(=O)N1c2ccccc2NC(=O)C1(C)C. The molecule has 0 saturated heterocycles. The number of pyridine rings is 1. The molecule has 9 heteroatoms. The number of nitrogens with one attached hydrogen (secondary N) is 1. The summed E-state index contributed by atoms with van der Waals surface area (Å²) in [5, 5.41) is 13.9. The summed E-state index contributed by atoms with van der Waals surface area (Å²) in [4.78, 5) is 41.1. The van der Waals surface area contributed by atoms with Gasteiger partial charge in [-0.25, -0.2) is 0 Å². The van der Waals surface area contributed by atoms with Crippen molar-refractivity contribution in [2.75, 3.05) is 10.2 Å². The smallest absolute Gasteiger partial charge is 0.406 e. The van der Waals surface area contributed by atoms with Gasteiger partial charge in [-0.3, -0.25) is 14.5 Å². The van der Waals surface area contributed by atoms with E-state index in [0.717, 1.165) is 0 Å². The number of carbonyl (C=O) groups excluding carboxylic acids is 2. The molecule has 27 heavy (non-hydrogen) atoms. The summed E-state index contributed by atoms with van der Waals surface area (Å²) in [6.45, 7) is 4.72. The van der Waals surface area contributed by atoms with E-state index in [4.69, 9.17) is 4.74 Å². The molecule has 1 N–H and O–H groups in total. The Labute approximate surface area is 155 Å². The molecule has 1 unspecified atom stereocenters. The van der Waals surface area contributed by atoms with Crippen LogP contribution in [0.2, 0.25) is 0 Å². The zero-order valence-electron chi connectivity index (χ0n) is 15.0. The zero-order chi connectivity index (χ0) is 19.8. The van der Waals surface area contributed by atoms with Crippen LogP contribution >= 0.6 is 0 Å². The molecule has 0 saturated carbocycles. The van der Waals surface area contributed by atoms with Gasteiger partial charge in [-0.05, 0) is 54.9 Å². The van der Waals surface area contributed by atoms with Crippen molar-refractivity contribution >= 4 is 29.0 Å². The number of rotatable bonds is 4. The summed E-state index contributed by atoms with van der Waals surface area (Å²) in [6, 6.07) is 9.76. The second-order valence-corrected chi connectivity index (χ2v) is 6.55. The minimum Gasteiger partial charge on any atom is -0.473 e. The maximum Gasteiger partial charge on any atom is 0.406 e. The first-order valence-electron chi connectivity index (χ1n) is 8.24. The van der Waals surface area contributed by atoms with Crippen molar-refractivity contribution in [2.45, 2.75) is 32.4 Å². The van der Waals surface area contributed by atoms with E-state index in [9.17, 15) is 19.7 Å². The van der Waals surface area contributed by atoms with Gasteiger partial charge in [0.1, 0.15) is 11.7 Å². The monoisotopic (exact) mass is 370 g/mol. The molecule has 2 aromatic rings. The van der Waals surface area contributed by atoms with Crippen LogP contribution in [0.1, 0.15) is 20.8 Å². The van der Waals surface area contributed by atoms with Crippen LogP contribution in [0.25, 0.3) is 0 Å². The van der Waals surface area contributed by atoms with E-state index in [0.29, 0.717) is 11.4 Å². The number of hydrogen-bond acceptors (Lipinski definition) is 6. The highest BCUT2D eigenvalue weighted by Gasteiger charge is 2.45. The molecule has 1 aliphatic heterocycles. The summed E-state index contributed by atoms with van der Waals surface area (Å²) in [5.41, 5.74) is -0.123. The van der Waals surface area contributed by atoms with Crippen LogP contribution < -0.4 is 15.0 Å². The second-order valence-electron chi connectivity index (χ2n) is 6.55. The number of carbonyl (C=O) groups is 2. The van der Waals surface area contributed by atoms with Gasteiger partial charge in [0.05, 0.1) is 11.4 Å². The summed E-state index contributed by atoms with van der Waals surface area (Å²) >= 11 is 0. The lowest BCUT2D eigenvalue weighted by molar-refractivity contribution is -0.390. The van der Waals surface area contributed by atoms with E-state index >= 15 is 0 Å². The molecule has 1 aromatic heterocycles. The van der Waals surface area contributed by atoms with E-state index in [2.05, 4.69) is 10.3 Å². The lowest BCUT2D eigenvalue weighted by atomic mass is 9.95. The normalized spacial score (nSPS) is 16.1. The molecule has 0 fully saturated rings. The average molecular weight is 370 g/mol. The third-order valence-electron chi connectivity index (χ3n) is 4.30. The number of nitro groups is 1. The van der Waals surface area contributed by atoms with Gasteiger partial charge in [0.15, 0.2) is 6.10 Å². The van der Waals surface area contributed by atoms with Crippen molar-refractivity contribution in [1.82, 2.24) is 4.98 Å². The Bertz CT molecular complexity index is 927. The molecule has 3 rings (SSSR count). The van der Waals surface area contributed by atoms with Gasteiger partial charge in [-0.2, -0.15) is 0 Å². The summed E-state index contributed by atoms with van der Waals surface area (Å²) in [7, 11) is 0. The zero-order valence-corrected chi connectivity index (χ0v) is 15.0.